The summed E-state index contributed by atoms with van der Waals surface area (Å²) in [6.07, 6.45) is 4.43. The monoisotopic (exact) mass is 303 g/mol. The van der Waals surface area contributed by atoms with Gasteiger partial charge < -0.3 is 0 Å². The van der Waals surface area contributed by atoms with Gasteiger partial charge in [-0.3, -0.25) is 0 Å². The van der Waals surface area contributed by atoms with E-state index in [4.69, 9.17) is 0 Å². The highest BCUT2D eigenvalue weighted by Crippen LogP contribution is 2.17. The van der Waals surface area contributed by atoms with Crippen molar-refractivity contribution in [3.8, 4) is 0 Å². The van der Waals surface area contributed by atoms with Crippen LogP contribution >= 0.6 is 0 Å². The fourth-order valence-electron chi connectivity index (χ4n) is 1.93. The highest BCUT2D eigenvalue weighted by atomic mass is 32.2. The zero-order valence-corrected chi connectivity index (χ0v) is 12.1. The van der Waals surface area contributed by atoms with Gasteiger partial charge in [-0.15, -0.1) is 0 Å². The Morgan fingerprint density at radius 1 is 1.14 bits per heavy atom. The predicted molar refractivity (Wildman–Crippen MR) is 75.1 cm³/mol. The second-order valence-corrected chi connectivity index (χ2v) is 6.28. The van der Waals surface area contributed by atoms with Gasteiger partial charge in [0.05, 0.1) is 16.6 Å². The standard InChI is InChI=1S/C13H13N5O2S/c1-11(17-10-14-9-15-17)13-7-8-18(16-13)21(19,20)12-5-3-2-4-6-12/h2-11H,1H3/t11-/m0/s1. The fourth-order valence-corrected chi connectivity index (χ4v) is 3.07. The van der Waals surface area contributed by atoms with Crippen LogP contribution in [0.2, 0.25) is 0 Å². The number of hydrogen-bond donors (Lipinski definition) is 0. The van der Waals surface area contributed by atoms with E-state index in [-0.39, 0.29) is 10.9 Å². The third-order valence-electron chi connectivity index (χ3n) is 3.14. The van der Waals surface area contributed by atoms with Crippen LogP contribution < -0.4 is 0 Å². The van der Waals surface area contributed by atoms with E-state index in [9.17, 15) is 8.42 Å². The van der Waals surface area contributed by atoms with Gasteiger partial charge in [-0.05, 0) is 25.1 Å². The van der Waals surface area contributed by atoms with Crippen LogP contribution in [0.15, 0.2) is 60.1 Å². The predicted octanol–water partition coefficient (Wildman–Crippen LogP) is 1.32. The Balaban J connectivity index is 1.95. The van der Waals surface area contributed by atoms with Crippen LogP contribution in [0.1, 0.15) is 18.7 Å². The average molecular weight is 303 g/mol. The maximum atomic E-state index is 12.4. The summed E-state index contributed by atoms with van der Waals surface area (Å²) in [5, 5.41) is 8.18. The van der Waals surface area contributed by atoms with Crippen LogP contribution in [0.4, 0.5) is 0 Å². The van der Waals surface area contributed by atoms with Crippen molar-refractivity contribution in [3.63, 3.8) is 0 Å². The van der Waals surface area contributed by atoms with Crippen LogP contribution in [0.25, 0.3) is 0 Å². The lowest BCUT2D eigenvalue weighted by Gasteiger charge is -2.08. The van der Waals surface area contributed by atoms with Gasteiger partial charge in [-0.1, -0.05) is 18.2 Å². The lowest BCUT2D eigenvalue weighted by atomic mass is 10.2. The molecule has 3 rings (SSSR count). The molecule has 0 spiro atoms. The molecule has 0 N–H and O–H groups in total. The van der Waals surface area contributed by atoms with Gasteiger partial charge in [0.15, 0.2) is 0 Å². The van der Waals surface area contributed by atoms with Crippen LogP contribution in [-0.4, -0.2) is 32.4 Å². The number of rotatable bonds is 4. The summed E-state index contributed by atoms with van der Waals surface area (Å²) in [7, 11) is -3.66. The maximum Gasteiger partial charge on any atom is 0.282 e. The van der Waals surface area contributed by atoms with E-state index in [0.29, 0.717) is 5.69 Å². The first-order valence-corrected chi connectivity index (χ1v) is 7.73. The summed E-state index contributed by atoms with van der Waals surface area (Å²) in [4.78, 5) is 4.07. The summed E-state index contributed by atoms with van der Waals surface area (Å²) in [5.74, 6) is 0. The summed E-state index contributed by atoms with van der Waals surface area (Å²) in [5.41, 5.74) is 0.597. The Hall–Kier alpha value is -2.48. The van der Waals surface area contributed by atoms with Crippen molar-refractivity contribution in [2.24, 2.45) is 0 Å². The fraction of sp³-hybridized carbons (Fsp3) is 0.154. The lowest BCUT2D eigenvalue weighted by Crippen LogP contribution is -2.15. The minimum Gasteiger partial charge on any atom is -0.244 e. The first-order chi connectivity index (χ1) is 10.1. The zero-order chi connectivity index (χ0) is 14.9. The molecule has 7 nitrogen and oxygen atoms in total. The molecular weight excluding hydrogens is 290 g/mol. The van der Waals surface area contributed by atoms with Gasteiger partial charge in [-0.2, -0.15) is 22.7 Å². The number of nitrogens with zero attached hydrogens (tertiary/aromatic N) is 5. The average Bonchev–Trinajstić information content (AvgIpc) is 3.19. The molecule has 0 bridgehead atoms. The van der Waals surface area contributed by atoms with Crippen molar-refractivity contribution in [2.75, 3.05) is 0 Å². The van der Waals surface area contributed by atoms with E-state index in [0.717, 1.165) is 4.09 Å². The van der Waals surface area contributed by atoms with Crippen molar-refractivity contribution in [3.05, 3.63) is 60.9 Å². The molecule has 0 fully saturated rings. The van der Waals surface area contributed by atoms with E-state index in [1.807, 2.05) is 6.92 Å². The molecule has 0 aliphatic heterocycles. The van der Waals surface area contributed by atoms with Gasteiger partial charge in [-0.25, -0.2) is 9.67 Å². The molecule has 8 heteroatoms. The largest absolute Gasteiger partial charge is 0.282 e. The normalized spacial score (nSPS) is 13.2. The molecule has 21 heavy (non-hydrogen) atoms. The first kappa shape index (κ1) is 13.5. The van der Waals surface area contributed by atoms with Crippen molar-refractivity contribution in [1.82, 2.24) is 24.0 Å². The van der Waals surface area contributed by atoms with Gasteiger partial charge in [0.1, 0.15) is 12.7 Å². The van der Waals surface area contributed by atoms with Crippen molar-refractivity contribution in [2.45, 2.75) is 17.9 Å². The Morgan fingerprint density at radius 2 is 1.90 bits per heavy atom. The van der Waals surface area contributed by atoms with Crippen LogP contribution in [0.3, 0.4) is 0 Å². The van der Waals surface area contributed by atoms with Gasteiger partial charge in [0.2, 0.25) is 0 Å². The third kappa shape index (κ3) is 2.45. The van der Waals surface area contributed by atoms with Crippen molar-refractivity contribution in [1.29, 1.82) is 0 Å². The van der Waals surface area contributed by atoms with E-state index in [1.54, 1.807) is 35.3 Å². The van der Waals surface area contributed by atoms with Gasteiger partial charge in [0, 0.05) is 6.20 Å². The minimum atomic E-state index is -3.66. The summed E-state index contributed by atoms with van der Waals surface area (Å²) in [6.45, 7) is 1.87. The number of hydrogen-bond acceptors (Lipinski definition) is 5. The quantitative estimate of drug-likeness (QED) is 0.726. The molecule has 1 aromatic carbocycles. The number of benzene rings is 1. The van der Waals surface area contributed by atoms with Gasteiger partial charge >= 0.3 is 0 Å². The Morgan fingerprint density at radius 3 is 2.57 bits per heavy atom. The second kappa shape index (κ2) is 5.13. The SMILES string of the molecule is C[C@@H](c1ccn(S(=O)(=O)c2ccccc2)n1)n1cncn1. The van der Waals surface area contributed by atoms with E-state index in [2.05, 4.69) is 15.2 Å². The van der Waals surface area contributed by atoms with Crippen molar-refractivity contribution < 1.29 is 8.42 Å². The zero-order valence-electron chi connectivity index (χ0n) is 11.2. The second-order valence-electron chi connectivity index (χ2n) is 4.48. The summed E-state index contributed by atoms with van der Waals surface area (Å²) < 4.78 is 27.4. The molecule has 3 aromatic rings. The molecule has 0 unspecified atom stereocenters. The topological polar surface area (TPSA) is 82.7 Å². The molecule has 108 valence electrons. The van der Waals surface area contributed by atoms with E-state index < -0.39 is 10.0 Å². The van der Waals surface area contributed by atoms with Crippen LogP contribution in [-0.2, 0) is 10.0 Å². The molecule has 0 saturated heterocycles. The maximum absolute atomic E-state index is 12.4. The Bertz CT molecular complexity index is 825. The third-order valence-corrected chi connectivity index (χ3v) is 4.70. The van der Waals surface area contributed by atoms with Gasteiger partial charge in [0.25, 0.3) is 10.0 Å². The highest BCUT2D eigenvalue weighted by molar-refractivity contribution is 7.89. The molecule has 0 aliphatic rings. The van der Waals surface area contributed by atoms with Crippen LogP contribution in [0, 0.1) is 0 Å². The highest BCUT2D eigenvalue weighted by Gasteiger charge is 2.20. The summed E-state index contributed by atoms with van der Waals surface area (Å²) >= 11 is 0. The molecule has 2 heterocycles. The molecule has 1 atom stereocenters. The lowest BCUT2D eigenvalue weighted by molar-refractivity contribution is 0.541. The Labute approximate surface area is 121 Å². The molecular formula is C13H13N5O2S. The number of aromatic nitrogens is 5. The first-order valence-electron chi connectivity index (χ1n) is 6.29. The molecule has 0 aliphatic carbocycles. The summed E-state index contributed by atoms with van der Waals surface area (Å²) in [6, 6.07) is 9.66. The molecule has 0 radical (unpaired) electrons. The Kier molecular flexibility index (Phi) is 3.30. The van der Waals surface area contributed by atoms with E-state index >= 15 is 0 Å². The van der Waals surface area contributed by atoms with E-state index in [1.165, 1.54) is 24.7 Å². The minimum absolute atomic E-state index is 0.195. The molecule has 2 aromatic heterocycles. The smallest absolute Gasteiger partial charge is 0.244 e. The molecule has 0 amide bonds. The molecule has 0 saturated carbocycles. The van der Waals surface area contributed by atoms with Crippen molar-refractivity contribution >= 4 is 10.0 Å². The van der Waals surface area contributed by atoms with Crippen LogP contribution in [0.5, 0.6) is 0 Å².